The SMILES string of the molecule is CC(C)C1(O)CCN(c2ccc(Cl)cc2)CC1. The van der Waals surface area contributed by atoms with Crippen molar-refractivity contribution in [2.45, 2.75) is 32.3 Å². The number of nitrogens with zero attached hydrogens (tertiary/aromatic N) is 1. The molecule has 94 valence electrons. The van der Waals surface area contributed by atoms with Gasteiger partial charge in [-0.05, 0) is 43.0 Å². The smallest absolute Gasteiger partial charge is 0.0704 e. The zero-order valence-corrected chi connectivity index (χ0v) is 11.2. The molecule has 0 aliphatic carbocycles. The molecule has 0 spiro atoms. The molecule has 0 saturated carbocycles. The minimum absolute atomic E-state index is 0.329. The molecule has 0 bridgehead atoms. The Bertz CT molecular complexity index is 366. The first-order chi connectivity index (χ1) is 8.01. The van der Waals surface area contributed by atoms with Crippen molar-refractivity contribution in [2.75, 3.05) is 18.0 Å². The highest BCUT2D eigenvalue weighted by Crippen LogP contribution is 2.31. The van der Waals surface area contributed by atoms with Crippen LogP contribution in [0.15, 0.2) is 24.3 Å². The van der Waals surface area contributed by atoms with Gasteiger partial charge in [0.25, 0.3) is 0 Å². The van der Waals surface area contributed by atoms with Crippen LogP contribution in [0.4, 0.5) is 5.69 Å². The Kier molecular flexibility index (Phi) is 3.64. The third kappa shape index (κ3) is 2.75. The van der Waals surface area contributed by atoms with Gasteiger partial charge in [0.2, 0.25) is 0 Å². The number of hydrogen-bond donors (Lipinski definition) is 1. The van der Waals surface area contributed by atoms with E-state index in [1.54, 1.807) is 0 Å². The molecule has 17 heavy (non-hydrogen) atoms. The minimum atomic E-state index is -0.483. The first-order valence-electron chi connectivity index (χ1n) is 6.24. The molecule has 1 heterocycles. The molecule has 2 nitrogen and oxygen atoms in total. The van der Waals surface area contributed by atoms with Crippen LogP contribution in [-0.4, -0.2) is 23.8 Å². The van der Waals surface area contributed by atoms with Gasteiger partial charge in [-0.3, -0.25) is 0 Å². The third-order valence-electron chi connectivity index (χ3n) is 3.90. The highest BCUT2D eigenvalue weighted by Gasteiger charge is 2.34. The van der Waals surface area contributed by atoms with Gasteiger partial charge >= 0.3 is 0 Å². The van der Waals surface area contributed by atoms with Gasteiger partial charge in [0.1, 0.15) is 0 Å². The van der Waals surface area contributed by atoms with Crippen LogP contribution < -0.4 is 4.90 Å². The Balaban J connectivity index is 2.02. The quantitative estimate of drug-likeness (QED) is 0.874. The van der Waals surface area contributed by atoms with E-state index in [-0.39, 0.29) is 0 Å². The van der Waals surface area contributed by atoms with E-state index in [9.17, 15) is 5.11 Å². The molecule has 1 aromatic rings. The van der Waals surface area contributed by atoms with Gasteiger partial charge in [0.15, 0.2) is 0 Å². The number of halogens is 1. The predicted molar refractivity (Wildman–Crippen MR) is 72.7 cm³/mol. The molecule has 0 atom stereocenters. The highest BCUT2D eigenvalue weighted by molar-refractivity contribution is 6.30. The van der Waals surface area contributed by atoms with Crippen LogP contribution in [0.5, 0.6) is 0 Å². The molecule has 0 amide bonds. The van der Waals surface area contributed by atoms with E-state index in [1.807, 2.05) is 24.3 Å². The summed E-state index contributed by atoms with van der Waals surface area (Å²) in [4.78, 5) is 2.31. The fourth-order valence-electron chi connectivity index (χ4n) is 2.38. The van der Waals surface area contributed by atoms with Gasteiger partial charge < -0.3 is 10.0 Å². The van der Waals surface area contributed by atoms with E-state index in [1.165, 1.54) is 5.69 Å². The Morgan fingerprint density at radius 1 is 1.18 bits per heavy atom. The van der Waals surface area contributed by atoms with Crippen LogP contribution >= 0.6 is 11.6 Å². The number of anilines is 1. The normalized spacial score (nSPS) is 19.7. The maximum absolute atomic E-state index is 10.4. The van der Waals surface area contributed by atoms with Gasteiger partial charge in [0.05, 0.1) is 5.60 Å². The zero-order valence-electron chi connectivity index (χ0n) is 10.5. The molecular weight excluding hydrogens is 234 g/mol. The summed E-state index contributed by atoms with van der Waals surface area (Å²) in [7, 11) is 0. The second-order valence-corrected chi connectivity index (χ2v) is 5.66. The lowest BCUT2D eigenvalue weighted by molar-refractivity contribution is -0.0262. The van der Waals surface area contributed by atoms with Crippen molar-refractivity contribution in [2.24, 2.45) is 5.92 Å². The van der Waals surface area contributed by atoms with Crippen molar-refractivity contribution in [1.82, 2.24) is 0 Å². The summed E-state index contributed by atoms with van der Waals surface area (Å²) >= 11 is 5.88. The van der Waals surface area contributed by atoms with E-state index in [4.69, 9.17) is 11.6 Å². The molecule has 0 radical (unpaired) electrons. The summed E-state index contributed by atoms with van der Waals surface area (Å²) in [6.07, 6.45) is 1.68. The van der Waals surface area contributed by atoms with Gasteiger partial charge in [-0.1, -0.05) is 25.4 Å². The highest BCUT2D eigenvalue weighted by atomic mass is 35.5. The Hall–Kier alpha value is -0.730. The summed E-state index contributed by atoms with van der Waals surface area (Å²) in [6.45, 7) is 6.02. The summed E-state index contributed by atoms with van der Waals surface area (Å²) in [5, 5.41) is 11.2. The second kappa shape index (κ2) is 4.87. The first kappa shape index (κ1) is 12.7. The maximum atomic E-state index is 10.4. The molecule has 1 aliphatic rings. The predicted octanol–water partition coefficient (Wildman–Crippen LogP) is 3.33. The average Bonchev–Trinajstić information content (AvgIpc) is 2.31. The van der Waals surface area contributed by atoms with Gasteiger partial charge in [-0.15, -0.1) is 0 Å². The van der Waals surface area contributed by atoms with Crippen molar-refractivity contribution in [3.63, 3.8) is 0 Å². The van der Waals surface area contributed by atoms with Gasteiger partial charge in [-0.2, -0.15) is 0 Å². The third-order valence-corrected chi connectivity index (χ3v) is 4.15. The van der Waals surface area contributed by atoms with Gasteiger partial charge in [-0.25, -0.2) is 0 Å². The average molecular weight is 254 g/mol. The van der Waals surface area contributed by atoms with Crippen LogP contribution in [0.1, 0.15) is 26.7 Å². The van der Waals surface area contributed by atoms with Crippen LogP contribution in [0.2, 0.25) is 5.02 Å². The number of piperidine rings is 1. The fourth-order valence-corrected chi connectivity index (χ4v) is 2.51. The molecule has 1 saturated heterocycles. The Labute approximate surface area is 108 Å². The second-order valence-electron chi connectivity index (χ2n) is 5.22. The molecular formula is C14H20ClNO. The number of hydrogen-bond acceptors (Lipinski definition) is 2. The molecule has 1 N–H and O–H groups in total. The summed E-state index contributed by atoms with van der Waals surface area (Å²) in [5.41, 5.74) is 0.711. The molecule has 0 aromatic heterocycles. The standard InChI is InChI=1S/C14H20ClNO/c1-11(2)14(17)7-9-16(10-8-14)13-5-3-12(15)4-6-13/h3-6,11,17H,7-10H2,1-2H3. The van der Waals surface area contributed by atoms with Crippen LogP contribution in [-0.2, 0) is 0 Å². The molecule has 1 aliphatic heterocycles. The van der Waals surface area contributed by atoms with Crippen LogP contribution in [0.3, 0.4) is 0 Å². The largest absolute Gasteiger partial charge is 0.389 e. The van der Waals surface area contributed by atoms with E-state index < -0.39 is 5.60 Å². The number of benzene rings is 1. The van der Waals surface area contributed by atoms with E-state index in [0.717, 1.165) is 31.0 Å². The summed E-state index contributed by atoms with van der Waals surface area (Å²) < 4.78 is 0. The van der Waals surface area contributed by atoms with E-state index in [0.29, 0.717) is 5.92 Å². The van der Waals surface area contributed by atoms with Crippen molar-refractivity contribution < 1.29 is 5.11 Å². The lowest BCUT2D eigenvalue weighted by Gasteiger charge is -2.41. The van der Waals surface area contributed by atoms with Crippen LogP contribution in [0, 0.1) is 5.92 Å². The maximum Gasteiger partial charge on any atom is 0.0704 e. The molecule has 0 unspecified atom stereocenters. The first-order valence-corrected chi connectivity index (χ1v) is 6.62. The molecule has 3 heteroatoms. The van der Waals surface area contributed by atoms with Crippen LogP contribution in [0.25, 0.3) is 0 Å². The monoisotopic (exact) mass is 253 g/mol. The lowest BCUT2D eigenvalue weighted by atomic mass is 9.81. The summed E-state index contributed by atoms with van der Waals surface area (Å²) in [6, 6.07) is 7.92. The fraction of sp³-hybridized carbons (Fsp3) is 0.571. The zero-order chi connectivity index (χ0) is 12.5. The van der Waals surface area contributed by atoms with Crippen molar-refractivity contribution in [1.29, 1.82) is 0 Å². The Morgan fingerprint density at radius 3 is 2.18 bits per heavy atom. The van der Waals surface area contributed by atoms with Crippen molar-refractivity contribution in [3.8, 4) is 0 Å². The van der Waals surface area contributed by atoms with Crippen molar-refractivity contribution in [3.05, 3.63) is 29.3 Å². The molecule has 2 rings (SSSR count). The Morgan fingerprint density at radius 2 is 1.71 bits per heavy atom. The molecule has 1 fully saturated rings. The lowest BCUT2D eigenvalue weighted by Crippen LogP contribution is -2.47. The minimum Gasteiger partial charge on any atom is -0.389 e. The summed E-state index contributed by atoms with van der Waals surface area (Å²) in [5.74, 6) is 0.329. The number of aliphatic hydroxyl groups is 1. The van der Waals surface area contributed by atoms with E-state index >= 15 is 0 Å². The number of rotatable bonds is 2. The van der Waals surface area contributed by atoms with E-state index in [2.05, 4.69) is 18.7 Å². The van der Waals surface area contributed by atoms with Gasteiger partial charge in [0, 0.05) is 23.8 Å². The van der Waals surface area contributed by atoms with Crippen molar-refractivity contribution >= 4 is 17.3 Å². The topological polar surface area (TPSA) is 23.5 Å². The molecule has 1 aromatic carbocycles.